The molecular weight excluding hydrogens is 397 g/mol. The van der Waals surface area contributed by atoms with Gasteiger partial charge in [0.1, 0.15) is 5.75 Å². The van der Waals surface area contributed by atoms with Gasteiger partial charge in [-0.25, -0.2) is 0 Å². The van der Waals surface area contributed by atoms with Crippen LogP contribution in [0.2, 0.25) is 10.0 Å². The number of nitriles is 1. The standard InChI is InChI=1S/C18H16BrCl2NO/c1-12-4-7-18(16(19)9-12)23-8-2-3-13(11-22)15-6-5-14(20)10-17(15)21/h4-7,9-10,13H,2-3,8H2,1H3. The number of nitrogens with zero attached hydrogens (tertiary/aromatic N) is 1. The highest BCUT2D eigenvalue weighted by Crippen LogP contribution is 2.30. The van der Waals surface area contributed by atoms with Crippen LogP contribution in [-0.2, 0) is 0 Å². The number of hydrogen-bond acceptors (Lipinski definition) is 2. The minimum Gasteiger partial charge on any atom is -0.492 e. The topological polar surface area (TPSA) is 33.0 Å². The van der Waals surface area contributed by atoms with E-state index in [0.29, 0.717) is 23.1 Å². The molecule has 2 nitrogen and oxygen atoms in total. The van der Waals surface area contributed by atoms with Crippen LogP contribution in [0, 0.1) is 18.3 Å². The van der Waals surface area contributed by atoms with Crippen molar-refractivity contribution in [2.24, 2.45) is 0 Å². The normalized spacial score (nSPS) is 11.8. The van der Waals surface area contributed by atoms with E-state index in [0.717, 1.165) is 22.2 Å². The average molecular weight is 413 g/mol. The van der Waals surface area contributed by atoms with Crippen LogP contribution in [0.1, 0.15) is 29.9 Å². The van der Waals surface area contributed by atoms with Gasteiger partial charge in [0.15, 0.2) is 0 Å². The average Bonchev–Trinajstić information content (AvgIpc) is 2.50. The summed E-state index contributed by atoms with van der Waals surface area (Å²) in [7, 11) is 0. The summed E-state index contributed by atoms with van der Waals surface area (Å²) in [5.41, 5.74) is 1.99. The number of rotatable bonds is 6. The molecule has 0 amide bonds. The molecule has 23 heavy (non-hydrogen) atoms. The van der Waals surface area contributed by atoms with Crippen LogP contribution in [0.15, 0.2) is 40.9 Å². The third kappa shape index (κ3) is 5.14. The molecule has 0 N–H and O–H groups in total. The predicted molar refractivity (Wildman–Crippen MR) is 98.4 cm³/mol. The molecule has 0 fully saturated rings. The van der Waals surface area contributed by atoms with Gasteiger partial charge in [-0.3, -0.25) is 0 Å². The first-order chi connectivity index (χ1) is 11.0. The zero-order valence-corrected chi connectivity index (χ0v) is 15.7. The Morgan fingerprint density at radius 1 is 1.22 bits per heavy atom. The Hall–Kier alpha value is -1.21. The number of aryl methyl sites for hydroxylation is 1. The van der Waals surface area contributed by atoms with Gasteiger partial charge in [0.2, 0.25) is 0 Å². The summed E-state index contributed by atoms with van der Waals surface area (Å²) in [6.45, 7) is 2.58. The Kier molecular flexibility index (Phi) is 6.77. The molecule has 0 saturated carbocycles. The summed E-state index contributed by atoms with van der Waals surface area (Å²) in [5, 5.41) is 10.5. The first-order valence-corrected chi connectivity index (χ1v) is 8.79. The molecule has 5 heteroatoms. The maximum absolute atomic E-state index is 9.37. The lowest BCUT2D eigenvalue weighted by Gasteiger charge is -2.13. The third-order valence-electron chi connectivity index (χ3n) is 3.48. The van der Waals surface area contributed by atoms with E-state index in [9.17, 15) is 5.26 Å². The second kappa shape index (κ2) is 8.59. The number of halogens is 3. The summed E-state index contributed by atoms with van der Waals surface area (Å²) in [6.07, 6.45) is 1.44. The van der Waals surface area contributed by atoms with Crippen molar-refractivity contribution in [1.82, 2.24) is 0 Å². The van der Waals surface area contributed by atoms with Gasteiger partial charge < -0.3 is 4.74 Å². The van der Waals surface area contributed by atoms with Crippen LogP contribution in [0.25, 0.3) is 0 Å². The van der Waals surface area contributed by atoms with Gasteiger partial charge in [0, 0.05) is 10.0 Å². The molecule has 120 valence electrons. The van der Waals surface area contributed by atoms with Crippen molar-refractivity contribution in [1.29, 1.82) is 5.26 Å². The van der Waals surface area contributed by atoms with Crippen LogP contribution >= 0.6 is 39.1 Å². The van der Waals surface area contributed by atoms with E-state index in [1.54, 1.807) is 12.1 Å². The van der Waals surface area contributed by atoms with Crippen molar-refractivity contribution >= 4 is 39.1 Å². The SMILES string of the molecule is Cc1ccc(OCCCC(C#N)c2ccc(Cl)cc2Cl)c(Br)c1. The van der Waals surface area contributed by atoms with Gasteiger partial charge in [0.25, 0.3) is 0 Å². The molecular formula is C18H16BrCl2NO. The van der Waals surface area contributed by atoms with E-state index in [-0.39, 0.29) is 5.92 Å². The zero-order chi connectivity index (χ0) is 16.8. The van der Waals surface area contributed by atoms with Crippen molar-refractivity contribution in [2.75, 3.05) is 6.61 Å². The first-order valence-electron chi connectivity index (χ1n) is 7.25. The molecule has 0 aliphatic rings. The number of hydrogen-bond donors (Lipinski definition) is 0. The van der Waals surface area contributed by atoms with Crippen LogP contribution < -0.4 is 4.74 Å². The van der Waals surface area contributed by atoms with Crippen molar-refractivity contribution in [3.63, 3.8) is 0 Å². The minimum absolute atomic E-state index is 0.259. The molecule has 0 aromatic heterocycles. The fraction of sp³-hybridized carbons (Fsp3) is 0.278. The van der Waals surface area contributed by atoms with E-state index in [1.165, 1.54) is 5.56 Å². The van der Waals surface area contributed by atoms with E-state index in [2.05, 4.69) is 22.0 Å². The number of ether oxygens (including phenoxy) is 1. The Morgan fingerprint density at radius 2 is 2.00 bits per heavy atom. The van der Waals surface area contributed by atoms with Crippen molar-refractivity contribution in [3.05, 3.63) is 62.0 Å². The molecule has 2 aromatic carbocycles. The minimum atomic E-state index is -0.259. The highest BCUT2D eigenvalue weighted by atomic mass is 79.9. The predicted octanol–water partition coefficient (Wildman–Crippen LogP) is 6.53. The lowest BCUT2D eigenvalue weighted by Crippen LogP contribution is -2.03. The summed E-state index contributed by atoms with van der Waals surface area (Å²) < 4.78 is 6.70. The molecule has 0 radical (unpaired) electrons. The highest BCUT2D eigenvalue weighted by Gasteiger charge is 2.14. The third-order valence-corrected chi connectivity index (χ3v) is 4.66. The fourth-order valence-corrected chi connectivity index (χ4v) is 3.41. The van der Waals surface area contributed by atoms with Gasteiger partial charge in [-0.2, -0.15) is 5.26 Å². The smallest absolute Gasteiger partial charge is 0.133 e. The van der Waals surface area contributed by atoms with Gasteiger partial charge in [-0.05, 0) is 71.1 Å². The zero-order valence-electron chi connectivity index (χ0n) is 12.7. The summed E-state index contributed by atoms with van der Waals surface area (Å²) in [5.74, 6) is 0.554. The lowest BCUT2D eigenvalue weighted by molar-refractivity contribution is 0.303. The molecule has 0 aliphatic carbocycles. The summed E-state index contributed by atoms with van der Waals surface area (Å²) in [6, 6.07) is 13.5. The molecule has 0 spiro atoms. The Labute approximate surface area is 155 Å². The van der Waals surface area contributed by atoms with Gasteiger partial charge in [-0.1, -0.05) is 35.3 Å². The maximum atomic E-state index is 9.37. The molecule has 0 aliphatic heterocycles. The molecule has 1 atom stereocenters. The summed E-state index contributed by atoms with van der Waals surface area (Å²) >= 11 is 15.6. The van der Waals surface area contributed by atoms with Crippen LogP contribution in [0.4, 0.5) is 0 Å². The van der Waals surface area contributed by atoms with Gasteiger partial charge in [0.05, 0.1) is 23.1 Å². The molecule has 0 bridgehead atoms. The monoisotopic (exact) mass is 411 g/mol. The molecule has 1 unspecified atom stereocenters. The summed E-state index contributed by atoms with van der Waals surface area (Å²) in [4.78, 5) is 0. The largest absolute Gasteiger partial charge is 0.492 e. The van der Waals surface area contributed by atoms with Crippen molar-refractivity contribution < 1.29 is 4.74 Å². The van der Waals surface area contributed by atoms with Crippen LogP contribution in [0.3, 0.4) is 0 Å². The quantitative estimate of drug-likeness (QED) is 0.505. The van der Waals surface area contributed by atoms with Gasteiger partial charge in [-0.15, -0.1) is 0 Å². The molecule has 2 rings (SSSR count). The van der Waals surface area contributed by atoms with Crippen LogP contribution in [-0.4, -0.2) is 6.61 Å². The first kappa shape index (κ1) is 18.1. The Bertz CT molecular complexity index is 727. The second-order valence-electron chi connectivity index (χ2n) is 5.27. The van der Waals surface area contributed by atoms with E-state index in [1.807, 2.05) is 31.2 Å². The Morgan fingerprint density at radius 3 is 2.65 bits per heavy atom. The van der Waals surface area contributed by atoms with E-state index >= 15 is 0 Å². The van der Waals surface area contributed by atoms with Crippen LogP contribution in [0.5, 0.6) is 5.75 Å². The Balaban J connectivity index is 1.90. The lowest BCUT2D eigenvalue weighted by atomic mass is 9.96. The fourth-order valence-electron chi connectivity index (χ4n) is 2.27. The van der Waals surface area contributed by atoms with E-state index < -0.39 is 0 Å². The highest BCUT2D eigenvalue weighted by molar-refractivity contribution is 9.10. The number of benzene rings is 2. The van der Waals surface area contributed by atoms with Crippen molar-refractivity contribution in [3.8, 4) is 11.8 Å². The molecule has 0 heterocycles. The second-order valence-corrected chi connectivity index (χ2v) is 6.97. The van der Waals surface area contributed by atoms with Crippen molar-refractivity contribution in [2.45, 2.75) is 25.7 Å². The maximum Gasteiger partial charge on any atom is 0.133 e. The molecule has 0 saturated heterocycles. The van der Waals surface area contributed by atoms with E-state index in [4.69, 9.17) is 27.9 Å². The molecule has 2 aromatic rings. The van der Waals surface area contributed by atoms with Gasteiger partial charge >= 0.3 is 0 Å².